The molecule has 2 N–H and O–H groups in total. The zero-order chi connectivity index (χ0) is 22.3. The number of nitrogens with zero attached hydrogens (tertiary/aromatic N) is 1. The highest BCUT2D eigenvalue weighted by molar-refractivity contribution is 5.93. The molecule has 0 unspecified atom stereocenters. The van der Waals surface area contributed by atoms with Crippen molar-refractivity contribution in [1.29, 1.82) is 0 Å². The lowest BCUT2D eigenvalue weighted by Crippen LogP contribution is -2.46. The smallest absolute Gasteiger partial charge is 0.238 e. The van der Waals surface area contributed by atoms with Crippen molar-refractivity contribution in [3.63, 3.8) is 0 Å². The zero-order valence-electron chi connectivity index (χ0n) is 17.2. The van der Waals surface area contributed by atoms with Crippen LogP contribution in [0, 0.1) is 17.5 Å². The van der Waals surface area contributed by atoms with E-state index in [1.807, 2.05) is 37.3 Å². The maximum absolute atomic E-state index is 13.7. The summed E-state index contributed by atoms with van der Waals surface area (Å²) < 4.78 is 39.9. The topological polar surface area (TPSA) is 61.4 Å². The fourth-order valence-corrected chi connectivity index (χ4v) is 2.97. The molecule has 0 fully saturated rings. The highest BCUT2D eigenvalue weighted by Gasteiger charge is 2.22. The van der Waals surface area contributed by atoms with E-state index < -0.39 is 35.1 Å². The van der Waals surface area contributed by atoms with Crippen molar-refractivity contribution >= 4 is 17.5 Å². The molecule has 0 saturated carbocycles. The van der Waals surface area contributed by atoms with Gasteiger partial charge < -0.3 is 10.6 Å². The first-order chi connectivity index (χ1) is 14.2. The number of anilines is 1. The number of hydrogen-bond acceptors (Lipinski definition) is 3. The summed E-state index contributed by atoms with van der Waals surface area (Å²) in [6, 6.07) is 10.9. The van der Waals surface area contributed by atoms with E-state index in [2.05, 4.69) is 10.6 Å². The number of carbonyl (C=O) groups is 2. The maximum Gasteiger partial charge on any atom is 0.238 e. The van der Waals surface area contributed by atoms with Crippen molar-refractivity contribution in [2.45, 2.75) is 32.2 Å². The van der Waals surface area contributed by atoms with E-state index in [0.29, 0.717) is 6.54 Å². The van der Waals surface area contributed by atoms with Gasteiger partial charge in [0.25, 0.3) is 0 Å². The second-order valence-electron chi connectivity index (χ2n) is 7.12. The lowest BCUT2D eigenvalue weighted by molar-refractivity contribution is -0.126. The largest absolute Gasteiger partial charge is 0.354 e. The van der Waals surface area contributed by atoms with Gasteiger partial charge in [-0.2, -0.15) is 0 Å². The number of rotatable bonds is 9. The zero-order valence-corrected chi connectivity index (χ0v) is 17.2. The normalized spacial score (nSPS) is 13.0. The van der Waals surface area contributed by atoms with E-state index in [-0.39, 0.29) is 18.4 Å². The number of halogens is 3. The first kappa shape index (κ1) is 23.4. The molecule has 0 spiro atoms. The maximum atomic E-state index is 13.7. The Labute approximate surface area is 174 Å². The van der Waals surface area contributed by atoms with E-state index in [0.717, 1.165) is 24.1 Å². The number of carbonyl (C=O) groups excluding carboxylic acids is 2. The summed E-state index contributed by atoms with van der Waals surface area (Å²) in [7, 11) is 1.57. The molecule has 2 atom stereocenters. The highest BCUT2D eigenvalue weighted by Crippen LogP contribution is 2.20. The second kappa shape index (κ2) is 10.8. The molecule has 0 aliphatic heterocycles. The van der Waals surface area contributed by atoms with Gasteiger partial charge in [-0.1, -0.05) is 37.3 Å². The van der Waals surface area contributed by atoms with Crippen LogP contribution in [0.1, 0.15) is 31.7 Å². The summed E-state index contributed by atoms with van der Waals surface area (Å²) in [5.41, 5.74) is 0.673. The molecule has 0 aliphatic rings. The van der Waals surface area contributed by atoms with Crippen molar-refractivity contribution in [3.05, 3.63) is 65.5 Å². The molecular weight excluding hydrogens is 395 g/mol. The van der Waals surface area contributed by atoms with Crippen LogP contribution in [0.2, 0.25) is 0 Å². The Kier molecular flexibility index (Phi) is 8.41. The summed E-state index contributed by atoms with van der Waals surface area (Å²) in [6.07, 6.45) is 0.858. The highest BCUT2D eigenvalue weighted by atomic mass is 19.2. The standard InChI is InChI=1S/C22H26F3N3O2/c1-4-15(16-8-6-5-7-9-16)12-26-22(30)14(2)28(3)13-19(29)27-18-11-10-17(23)20(24)21(18)25/h5-11,14-15H,4,12-13H2,1-3H3,(H,26,30)(H,27,29)/t14-,15+/m0/s1. The van der Waals surface area contributed by atoms with Crippen LogP contribution in [0.5, 0.6) is 0 Å². The minimum atomic E-state index is -1.65. The molecule has 0 radical (unpaired) electrons. The number of amides is 2. The van der Waals surface area contributed by atoms with Crippen LogP contribution < -0.4 is 10.6 Å². The first-order valence-corrected chi connectivity index (χ1v) is 9.70. The number of nitrogens with one attached hydrogen (secondary N) is 2. The van der Waals surface area contributed by atoms with Gasteiger partial charge in [-0.15, -0.1) is 0 Å². The van der Waals surface area contributed by atoms with Crippen LogP contribution in [-0.4, -0.2) is 42.9 Å². The molecule has 2 amide bonds. The third-order valence-electron chi connectivity index (χ3n) is 5.03. The molecule has 0 heterocycles. The Bertz CT molecular complexity index is 877. The van der Waals surface area contributed by atoms with E-state index in [1.165, 1.54) is 4.90 Å². The summed E-state index contributed by atoms with van der Waals surface area (Å²) >= 11 is 0. The number of benzene rings is 2. The summed E-state index contributed by atoms with van der Waals surface area (Å²) in [5, 5.41) is 5.08. The SMILES string of the molecule is CC[C@H](CNC(=O)[C@H](C)N(C)CC(=O)Nc1ccc(F)c(F)c1F)c1ccccc1. The summed E-state index contributed by atoms with van der Waals surface area (Å²) in [5.74, 6) is -5.20. The predicted molar refractivity (Wildman–Crippen MR) is 110 cm³/mol. The fourth-order valence-electron chi connectivity index (χ4n) is 2.97. The minimum absolute atomic E-state index is 0.173. The van der Waals surface area contributed by atoms with Gasteiger partial charge in [0.15, 0.2) is 17.5 Å². The third kappa shape index (κ3) is 6.06. The van der Waals surface area contributed by atoms with Crippen LogP contribution in [0.4, 0.5) is 18.9 Å². The third-order valence-corrected chi connectivity index (χ3v) is 5.03. The molecule has 0 bridgehead atoms. The molecule has 30 heavy (non-hydrogen) atoms. The van der Waals surface area contributed by atoms with Gasteiger partial charge in [-0.3, -0.25) is 14.5 Å². The van der Waals surface area contributed by atoms with Gasteiger partial charge >= 0.3 is 0 Å². The van der Waals surface area contributed by atoms with Crippen molar-refractivity contribution in [3.8, 4) is 0 Å². The van der Waals surface area contributed by atoms with E-state index in [9.17, 15) is 22.8 Å². The van der Waals surface area contributed by atoms with E-state index in [4.69, 9.17) is 0 Å². The van der Waals surface area contributed by atoms with Gasteiger partial charge in [0, 0.05) is 12.5 Å². The molecule has 0 saturated heterocycles. The molecule has 162 valence electrons. The quantitative estimate of drug-likeness (QED) is 0.608. The molecule has 0 aromatic heterocycles. The molecule has 5 nitrogen and oxygen atoms in total. The monoisotopic (exact) mass is 421 g/mol. The van der Waals surface area contributed by atoms with Gasteiger partial charge in [0.1, 0.15) is 0 Å². The Hall–Kier alpha value is -2.87. The molecular formula is C22H26F3N3O2. The molecule has 2 rings (SSSR count). The van der Waals surface area contributed by atoms with Crippen molar-refractivity contribution in [1.82, 2.24) is 10.2 Å². The number of hydrogen-bond donors (Lipinski definition) is 2. The average Bonchev–Trinajstić information content (AvgIpc) is 2.74. The van der Waals surface area contributed by atoms with Crippen LogP contribution in [0.25, 0.3) is 0 Å². The Morgan fingerprint density at radius 2 is 1.70 bits per heavy atom. The molecule has 8 heteroatoms. The summed E-state index contributed by atoms with van der Waals surface area (Å²) in [6.45, 7) is 3.91. The van der Waals surface area contributed by atoms with Gasteiger partial charge in [0.2, 0.25) is 11.8 Å². The summed E-state index contributed by atoms with van der Waals surface area (Å²) in [4.78, 5) is 26.1. The van der Waals surface area contributed by atoms with Crippen molar-refractivity contribution < 1.29 is 22.8 Å². The Morgan fingerprint density at radius 1 is 1.03 bits per heavy atom. The van der Waals surface area contributed by atoms with E-state index >= 15 is 0 Å². The average molecular weight is 421 g/mol. The number of likely N-dealkylation sites (N-methyl/N-ethyl adjacent to an activating group) is 1. The van der Waals surface area contributed by atoms with Crippen LogP contribution in [0.15, 0.2) is 42.5 Å². The molecule has 2 aromatic rings. The lowest BCUT2D eigenvalue weighted by atomic mass is 9.96. The van der Waals surface area contributed by atoms with Gasteiger partial charge in [-0.05, 0) is 38.1 Å². The van der Waals surface area contributed by atoms with Crippen LogP contribution >= 0.6 is 0 Å². The second-order valence-corrected chi connectivity index (χ2v) is 7.12. The Morgan fingerprint density at radius 3 is 2.33 bits per heavy atom. The van der Waals surface area contributed by atoms with Gasteiger partial charge in [-0.25, -0.2) is 13.2 Å². The van der Waals surface area contributed by atoms with Gasteiger partial charge in [0.05, 0.1) is 18.3 Å². The van der Waals surface area contributed by atoms with Crippen LogP contribution in [-0.2, 0) is 9.59 Å². The van der Waals surface area contributed by atoms with E-state index in [1.54, 1.807) is 14.0 Å². The molecule has 2 aromatic carbocycles. The molecule has 0 aliphatic carbocycles. The predicted octanol–water partition coefficient (Wildman–Crippen LogP) is 3.67. The van der Waals surface area contributed by atoms with Crippen molar-refractivity contribution in [2.24, 2.45) is 0 Å². The van der Waals surface area contributed by atoms with Crippen molar-refractivity contribution in [2.75, 3.05) is 25.5 Å². The Balaban J connectivity index is 1.88. The fraction of sp³-hybridized carbons (Fsp3) is 0.364. The lowest BCUT2D eigenvalue weighted by Gasteiger charge is -2.24. The van der Waals surface area contributed by atoms with Crippen LogP contribution in [0.3, 0.4) is 0 Å². The minimum Gasteiger partial charge on any atom is -0.354 e. The first-order valence-electron chi connectivity index (χ1n) is 9.70.